The number of anilines is 1. The van der Waals surface area contributed by atoms with Gasteiger partial charge in [0.2, 0.25) is 0 Å². The van der Waals surface area contributed by atoms with E-state index in [0.29, 0.717) is 17.7 Å². The first-order chi connectivity index (χ1) is 16.8. The van der Waals surface area contributed by atoms with E-state index in [0.717, 1.165) is 0 Å². The summed E-state index contributed by atoms with van der Waals surface area (Å²) >= 11 is 0. The number of nitrogens with one attached hydrogen (secondary N) is 1. The van der Waals surface area contributed by atoms with E-state index in [1.54, 1.807) is 19.1 Å². The van der Waals surface area contributed by atoms with Gasteiger partial charge in [0.25, 0.3) is 5.91 Å². The number of aromatic nitrogens is 2. The minimum absolute atomic E-state index is 0.0583. The molecule has 3 aromatic carbocycles. The van der Waals surface area contributed by atoms with Gasteiger partial charge in [-0.2, -0.15) is 5.10 Å². The second-order valence-corrected chi connectivity index (χ2v) is 7.28. The number of halogens is 4. The lowest BCUT2D eigenvalue weighted by Crippen LogP contribution is -2.16. The molecule has 0 aliphatic heterocycles. The molecule has 0 aliphatic carbocycles. The van der Waals surface area contributed by atoms with Gasteiger partial charge in [-0.1, -0.05) is 24.3 Å². The molecule has 1 heterocycles. The molecule has 10 heteroatoms. The van der Waals surface area contributed by atoms with E-state index in [4.69, 9.17) is 4.74 Å². The van der Waals surface area contributed by atoms with Crippen LogP contribution < -0.4 is 5.32 Å². The summed E-state index contributed by atoms with van der Waals surface area (Å²) in [5, 5.41) is 6.54. The number of carbonyl (C=O) groups excluding carboxylic acids is 2. The largest absolute Gasteiger partial charge is 0.461 e. The van der Waals surface area contributed by atoms with E-state index >= 15 is 0 Å². The van der Waals surface area contributed by atoms with Crippen LogP contribution in [0.5, 0.6) is 0 Å². The van der Waals surface area contributed by atoms with Crippen molar-refractivity contribution in [2.75, 3.05) is 11.9 Å². The van der Waals surface area contributed by atoms with Gasteiger partial charge in [0.05, 0.1) is 12.3 Å². The van der Waals surface area contributed by atoms with Crippen LogP contribution in [-0.4, -0.2) is 28.3 Å². The predicted octanol–water partition coefficient (Wildman–Crippen LogP) is 5.52. The Morgan fingerprint density at radius 1 is 0.914 bits per heavy atom. The van der Waals surface area contributed by atoms with Crippen LogP contribution in [0.15, 0.2) is 66.7 Å². The van der Waals surface area contributed by atoms with E-state index in [2.05, 4.69) is 10.4 Å². The number of hydrogen-bond acceptors (Lipinski definition) is 4. The third-order valence-corrected chi connectivity index (χ3v) is 4.92. The number of ether oxygens (including phenoxy) is 1. The molecular weight excluding hydrogens is 466 g/mol. The molecule has 35 heavy (non-hydrogen) atoms. The zero-order valence-electron chi connectivity index (χ0n) is 18.2. The monoisotopic (exact) mass is 483 g/mol. The number of nitrogens with zero attached hydrogens (tertiary/aromatic N) is 2. The van der Waals surface area contributed by atoms with Crippen molar-refractivity contribution in [3.05, 3.63) is 101 Å². The topological polar surface area (TPSA) is 73.2 Å². The lowest BCUT2D eigenvalue weighted by molar-refractivity contribution is 0.0518. The van der Waals surface area contributed by atoms with Crippen LogP contribution in [0.4, 0.5) is 23.2 Å². The van der Waals surface area contributed by atoms with Crippen LogP contribution in [0, 0.1) is 23.3 Å². The summed E-state index contributed by atoms with van der Waals surface area (Å²) in [6, 6.07) is 14.0. The van der Waals surface area contributed by atoms with Crippen molar-refractivity contribution in [1.29, 1.82) is 0 Å². The van der Waals surface area contributed by atoms with Gasteiger partial charge in [-0.3, -0.25) is 4.79 Å². The molecule has 4 rings (SSSR count). The molecule has 178 valence electrons. The molecule has 1 aromatic heterocycles. The van der Waals surface area contributed by atoms with Gasteiger partial charge in [0.1, 0.15) is 34.5 Å². The fourth-order valence-corrected chi connectivity index (χ4v) is 3.41. The van der Waals surface area contributed by atoms with Crippen LogP contribution in [-0.2, 0) is 4.74 Å². The maximum atomic E-state index is 14.5. The Bertz CT molecular complexity index is 1410. The Morgan fingerprint density at radius 3 is 2.31 bits per heavy atom. The lowest BCUT2D eigenvalue weighted by Gasteiger charge is -2.11. The standard InChI is InChI=1S/C25H17F4N3O3/c1-2-35-25(34)20-13-22(32(31-20)21-9-4-3-8-17(21)27)14-6-5-7-16(10-14)30-24(33)23-18(28)11-15(26)12-19(23)29/h3-13H,2H2,1H3,(H,30,33). The van der Waals surface area contributed by atoms with Crippen molar-refractivity contribution >= 4 is 17.6 Å². The second-order valence-electron chi connectivity index (χ2n) is 7.28. The fourth-order valence-electron chi connectivity index (χ4n) is 3.41. The average molecular weight is 483 g/mol. The van der Waals surface area contributed by atoms with Gasteiger partial charge in [-0.15, -0.1) is 0 Å². The highest BCUT2D eigenvalue weighted by molar-refractivity contribution is 6.05. The van der Waals surface area contributed by atoms with Crippen molar-refractivity contribution in [3.8, 4) is 16.9 Å². The van der Waals surface area contributed by atoms with Crippen LogP contribution in [0.2, 0.25) is 0 Å². The quantitative estimate of drug-likeness (QED) is 0.289. The zero-order valence-corrected chi connectivity index (χ0v) is 18.2. The SMILES string of the molecule is CCOC(=O)c1cc(-c2cccc(NC(=O)c3c(F)cc(F)cc3F)c2)n(-c2ccccc2F)n1. The molecule has 6 nitrogen and oxygen atoms in total. The molecule has 0 bridgehead atoms. The van der Waals surface area contributed by atoms with Crippen LogP contribution in [0.25, 0.3) is 16.9 Å². The number of rotatable bonds is 6. The highest BCUT2D eigenvalue weighted by Gasteiger charge is 2.21. The normalized spacial score (nSPS) is 10.8. The smallest absolute Gasteiger partial charge is 0.358 e. The highest BCUT2D eigenvalue weighted by Crippen LogP contribution is 2.28. The number of carbonyl (C=O) groups is 2. The molecular formula is C25H17F4N3O3. The maximum absolute atomic E-state index is 14.5. The molecule has 1 amide bonds. The summed E-state index contributed by atoms with van der Waals surface area (Å²) in [6.07, 6.45) is 0. The lowest BCUT2D eigenvalue weighted by atomic mass is 10.1. The molecule has 0 spiro atoms. The first-order valence-corrected chi connectivity index (χ1v) is 10.4. The summed E-state index contributed by atoms with van der Waals surface area (Å²) in [7, 11) is 0. The van der Waals surface area contributed by atoms with Gasteiger partial charge < -0.3 is 10.1 Å². The van der Waals surface area contributed by atoms with Gasteiger partial charge in [-0.05, 0) is 37.3 Å². The number of benzene rings is 3. The zero-order chi connectivity index (χ0) is 25.1. The first kappa shape index (κ1) is 23.7. The molecule has 1 N–H and O–H groups in total. The van der Waals surface area contributed by atoms with Gasteiger partial charge in [0.15, 0.2) is 5.69 Å². The highest BCUT2D eigenvalue weighted by atomic mass is 19.1. The van der Waals surface area contributed by atoms with Crippen molar-refractivity contribution in [3.63, 3.8) is 0 Å². The van der Waals surface area contributed by atoms with E-state index < -0.39 is 40.7 Å². The van der Waals surface area contributed by atoms with E-state index in [1.165, 1.54) is 47.1 Å². The van der Waals surface area contributed by atoms with Gasteiger partial charge in [-0.25, -0.2) is 27.0 Å². The number of amides is 1. The first-order valence-electron chi connectivity index (χ1n) is 10.4. The molecule has 0 saturated heterocycles. The Balaban J connectivity index is 1.74. The Hall–Kier alpha value is -4.47. The van der Waals surface area contributed by atoms with Crippen molar-refractivity contribution in [1.82, 2.24) is 9.78 Å². The minimum Gasteiger partial charge on any atom is -0.461 e. The summed E-state index contributed by atoms with van der Waals surface area (Å²) < 4.78 is 61.9. The van der Waals surface area contributed by atoms with Crippen molar-refractivity contribution < 1.29 is 31.9 Å². The van der Waals surface area contributed by atoms with Crippen LogP contribution >= 0.6 is 0 Å². The number of para-hydroxylation sites is 1. The molecule has 0 fully saturated rings. The third kappa shape index (κ3) is 4.91. The molecule has 0 saturated carbocycles. The van der Waals surface area contributed by atoms with Gasteiger partial charge >= 0.3 is 5.97 Å². The summed E-state index contributed by atoms with van der Waals surface area (Å²) in [4.78, 5) is 24.7. The van der Waals surface area contributed by atoms with Crippen molar-refractivity contribution in [2.24, 2.45) is 0 Å². The van der Waals surface area contributed by atoms with E-state index in [9.17, 15) is 27.2 Å². The molecule has 4 aromatic rings. The Morgan fingerprint density at radius 2 is 1.63 bits per heavy atom. The molecule has 0 radical (unpaired) electrons. The third-order valence-electron chi connectivity index (χ3n) is 4.92. The predicted molar refractivity (Wildman–Crippen MR) is 119 cm³/mol. The van der Waals surface area contributed by atoms with E-state index in [-0.39, 0.29) is 29.4 Å². The number of esters is 1. The Kier molecular flexibility index (Phi) is 6.63. The second kappa shape index (κ2) is 9.80. The number of hydrogen-bond donors (Lipinski definition) is 1. The molecule has 0 aliphatic rings. The summed E-state index contributed by atoms with van der Waals surface area (Å²) in [5.74, 6) is -6.31. The average Bonchev–Trinajstić information content (AvgIpc) is 3.24. The van der Waals surface area contributed by atoms with Crippen LogP contribution in [0.1, 0.15) is 27.8 Å². The molecule has 0 atom stereocenters. The van der Waals surface area contributed by atoms with E-state index in [1.807, 2.05) is 0 Å². The summed E-state index contributed by atoms with van der Waals surface area (Å²) in [6.45, 7) is 1.74. The minimum atomic E-state index is -1.35. The van der Waals surface area contributed by atoms with Crippen molar-refractivity contribution in [2.45, 2.75) is 6.92 Å². The van der Waals surface area contributed by atoms with Crippen LogP contribution in [0.3, 0.4) is 0 Å². The van der Waals surface area contributed by atoms with Gasteiger partial charge in [0, 0.05) is 23.4 Å². The fraction of sp³-hybridized carbons (Fsp3) is 0.0800. The maximum Gasteiger partial charge on any atom is 0.358 e. The Labute approximate surface area is 196 Å². The summed E-state index contributed by atoms with van der Waals surface area (Å²) in [5.41, 5.74) is -0.145. The molecule has 0 unspecified atom stereocenters.